The van der Waals surface area contributed by atoms with Crippen LogP contribution in [0.4, 0.5) is 0 Å². The molecule has 90 valence electrons. The number of aliphatic hydroxyl groups excluding tert-OH is 1. The number of rotatable bonds is 7. The molecule has 0 spiro atoms. The molecular formula is C11H19N3OS. The first kappa shape index (κ1) is 13.4. The Morgan fingerprint density at radius 1 is 1.56 bits per heavy atom. The summed E-state index contributed by atoms with van der Waals surface area (Å²) in [6.07, 6.45) is 4.33. The fourth-order valence-electron chi connectivity index (χ4n) is 1.18. The van der Waals surface area contributed by atoms with Gasteiger partial charge >= 0.3 is 0 Å². The molecule has 16 heavy (non-hydrogen) atoms. The monoisotopic (exact) mass is 241 g/mol. The van der Waals surface area contributed by atoms with Crippen LogP contribution in [0.3, 0.4) is 0 Å². The largest absolute Gasteiger partial charge is 0.394 e. The van der Waals surface area contributed by atoms with Crippen molar-refractivity contribution < 1.29 is 5.11 Å². The lowest BCUT2D eigenvalue weighted by Gasteiger charge is -2.28. The normalized spacial score (nSPS) is 14.7. The maximum atomic E-state index is 9.38. The fraction of sp³-hybridized carbons (Fsp3) is 0.636. The Bertz CT molecular complexity index is 297. The molecule has 1 atom stereocenters. The van der Waals surface area contributed by atoms with Crippen molar-refractivity contribution in [3.8, 4) is 0 Å². The van der Waals surface area contributed by atoms with E-state index >= 15 is 0 Å². The van der Waals surface area contributed by atoms with Crippen molar-refractivity contribution in [1.29, 1.82) is 0 Å². The van der Waals surface area contributed by atoms with Crippen LogP contribution in [0.25, 0.3) is 0 Å². The van der Waals surface area contributed by atoms with Crippen LogP contribution in [0.5, 0.6) is 0 Å². The lowest BCUT2D eigenvalue weighted by Crippen LogP contribution is -2.48. The summed E-state index contributed by atoms with van der Waals surface area (Å²) in [6.45, 7) is 5.19. The Morgan fingerprint density at radius 3 is 2.94 bits per heavy atom. The Kier molecular flexibility index (Phi) is 5.73. The molecule has 1 heterocycles. The first-order valence-corrected chi connectivity index (χ1v) is 6.43. The van der Waals surface area contributed by atoms with Gasteiger partial charge in [-0.3, -0.25) is 0 Å². The highest BCUT2D eigenvalue weighted by molar-refractivity contribution is 7.99. The van der Waals surface area contributed by atoms with Crippen molar-refractivity contribution in [2.45, 2.75) is 30.8 Å². The van der Waals surface area contributed by atoms with Gasteiger partial charge in [-0.2, -0.15) is 0 Å². The third kappa shape index (κ3) is 4.47. The average molecular weight is 241 g/mol. The summed E-state index contributed by atoms with van der Waals surface area (Å²) in [5.74, 6) is 0.792. The Morgan fingerprint density at radius 2 is 2.38 bits per heavy atom. The van der Waals surface area contributed by atoms with Gasteiger partial charge < -0.3 is 10.4 Å². The lowest BCUT2D eigenvalue weighted by molar-refractivity contribution is 0.192. The van der Waals surface area contributed by atoms with Gasteiger partial charge in [-0.15, -0.1) is 11.8 Å². The second kappa shape index (κ2) is 6.83. The maximum absolute atomic E-state index is 9.38. The molecule has 0 amide bonds. The molecule has 0 aliphatic rings. The molecule has 5 heteroatoms. The maximum Gasteiger partial charge on any atom is 0.116 e. The molecule has 0 radical (unpaired) electrons. The number of hydrogen-bond donors (Lipinski definition) is 2. The number of aliphatic hydroxyl groups is 1. The summed E-state index contributed by atoms with van der Waals surface area (Å²) in [6, 6.07) is 1.88. The summed E-state index contributed by atoms with van der Waals surface area (Å²) in [5, 5.41) is 13.7. The van der Waals surface area contributed by atoms with Crippen molar-refractivity contribution in [2.75, 3.05) is 18.9 Å². The molecule has 0 aliphatic carbocycles. The van der Waals surface area contributed by atoms with Gasteiger partial charge in [0.15, 0.2) is 0 Å². The molecule has 0 saturated heterocycles. The molecule has 0 fully saturated rings. The van der Waals surface area contributed by atoms with E-state index < -0.39 is 0 Å². The molecule has 1 aromatic rings. The first-order valence-electron chi connectivity index (χ1n) is 5.45. The summed E-state index contributed by atoms with van der Waals surface area (Å²) >= 11 is 1.63. The van der Waals surface area contributed by atoms with Gasteiger partial charge in [-0.05, 0) is 26.0 Å². The van der Waals surface area contributed by atoms with E-state index in [1.54, 1.807) is 18.0 Å². The highest BCUT2D eigenvalue weighted by Crippen LogP contribution is 2.19. The van der Waals surface area contributed by atoms with Gasteiger partial charge in [0.1, 0.15) is 6.33 Å². The summed E-state index contributed by atoms with van der Waals surface area (Å²) in [4.78, 5) is 8.01. The number of nitrogens with zero attached hydrogens (tertiary/aromatic N) is 2. The molecule has 0 saturated carbocycles. The Balaban J connectivity index is 2.44. The predicted molar refractivity (Wildman–Crippen MR) is 66.5 cm³/mol. The number of nitrogens with one attached hydrogen (secondary N) is 1. The molecule has 0 bridgehead atoms. The zero-order valence-electron chi connectivity index (χ0n) is 9.81. The van der Waals surface area contributed by atoms with Crippen molar-refractivity contribution in [3.05, 3.63) is 18.6 Å². The molecule has 0 aromatic carbocycles. The Hall–Kier alpha value is -0.650. The second-order valence-corrected chi connectivity index (χ2v) is 4.98. The summed E-state index contributed by atoms with van der Waals surface area (Å²) in [7, 11) is 0. The van der Waals surface area contributed by atoms with Crippen molar-refractivity contribution in [3.63, 3.8) is 0 Å². The van der Waals surface area contributed by atoms with Gasteiger partial charge in [-0.1, -0.05) is 6.92 Å². The van der Waals surface area contributed by atoms with Gasteiger partial charge in [0.05, 0.1) is 11.6 Å². The second-order valence-electron chi connectivity index (χ2n) is 3.98. The average Bonchev–Trinajstić information content (AvgIpc) is 2.35. The van der Waals surface area contributed by atoms with Crippen LogP contribution in [0.2, 0.25) is 0 Å². The van der Waals surface area contributed by atoms with Crippen molar-refractivity contribution in [2.24, 2.45) is 0 Å². The third-order valence-corrected chi connectivity index (χ3v) is 3.56. The molecule has 2 N–H and O–H groups in total. The number of thioether (sulfide) groups is 1. The van der Waals surface area contributed by atoms with E-state index in [1.165, 1.54) is 6.33 Å². The van der Waals surface area contributed by atoms with Crippen LogP contribution in [0.1, 0.15) is 20.3 Å². The molecule has 1 unspecified atom stereocenters. The highest BCUT2D eigenvalue weighted by Gasteiger charge is 2.22. The van der Waals surface area contributed by atoms with Crippen LogP contribution in [-0.2, 0) is 0 Å². The quantitative estimate of drug-likeness (QED) is 0.557. The van der Waals surface area contributed by atoms with E-state index in [2.05, 4.69) is 22.2 Å². The fourth-order valence-corrected chi connectivity index (χ4v) is 2.12. The summed E-state index contributed by atoms with van der Waals surface area (Å²) in [5.41, 5.74) is -0.244. The lowest BCUT2D eigenvalue weighted by atomic mass is 10.1. The SMILES string of the molecule is CCCNC(C)(CO)CSc1ccncn1. The van der Waals surface area contributed by atoms with Gasteiger partial charge in [0, 0.05) is 17.5 Å². The number of aromatic nitrogens is 2. The van der Waals surface area contributed by atoms with Crippen LogP contribution in [-0.4, -0.2) is 39.5 Å². The van der Waals surface area contributed by atoms with E-state index in [-0.39, 0.29) is 12.1 Å². The molecule has 4 nitrogen and oxygen atoms in total. The van der Waals surface area contributed by atoms with E-state index in [1.807, 2.05) is 13.0 Å². The van der Waals surface area contributed by atoms with E-state index in [9.17, 15) is 5.11 Å². The Labute approximate surface area is 101 Å². The standard InChI is InChI=1S/C11H19N3OS/c1-3-5-14-11(2,7-15)8-16-10-4-6-12-9-13-10/h4,6,9,14-15H,3,5,7-8H2,1-2H3. The van der Waals surface area contributed by atoms with Crippen LogP contribution >= 0.6 is 11.8 Å². The van der Waals surface area contributed by atoms with Crippen LogP contribution < -0.4 is 5.32 Å². The molecule has 1 aromatic heterocycles. The van der Waals surface area contributed by atoms with Crippen LogP contribution in [0, 0.1) is 0 Å². The minimum Gasteiger partial charge on any atom is -0.394 e. The van der Waals surface area contributed by atoms with Crippen molar-refractivity contribution >= 4 is 11.8 Å². The first-order chi connectivity index (χ1) is 7.70. The highest BCUT2D eigenvalue weighted by atomic mass is 32.2. The zero-order valence-corrected chi connectivity index (χ0v) is 10.6. The van der Waals surface area contributed by atoms with E-state index in [0.29, 0.717) is 0 Å². The van der Waals surface area contributed by atoms with E-state index in [4.69, 9.17) is 0 Å². The third-order valence-electron chi connectivity index (χ3n) is 2.24. The minimum atomic E-state index is -0.244. The predicted octanol–water partition coefficient (Wildman–Crippen LogP) is 1.32. The van der Waals surface area contributed by atoms with Crippen LogP contribution in [0.15, 0.2) is 23.6 Å². The minimum absolute atomic E-state index is 0.130. The van der Waals surface area contributed by atoms with Crippen molar-refractivity contribution in [1.82, 2.24) is 15.3 Å². The van der Waals surface area contributed by atoms with E-state index in [0.717, 1.165) is 23.7 Å². The smallest absolute Gasteiger partial charge is 0.116 e. The van der Waals surface area contributed by atoms with Gasteiger partial charge in [-0.25, -0.2) is 9.97 Å². The topological polar surface area (TPSA) is 58.0 Å². The van der Waals surface area contributed by atoms with Gasteiger partial charge in [0.25, 0.3) is 0 Å². The molecular weight excluding hydrogens is 222 g/mol. The summed E-state index contributed by atoms with van der Waals surface area (Å²) < 4.78 is 0. The molecule has 1 rings (SSSR count). The zero-order chi connectivity index (χ0) is 11.9. The molecule has 0 aliphatic heterocycles. The number of hydrogen-bond acceptors (Lipinski definition) is 5. The van der Waals surface area contributed by atoms with Gasteiger partial charge in [0.2, 0.25) is 0 Å².